The number of hydrogen-bond donors (Lipinski definition) is 2. The zero-order chi connectivity index (χ0) is 14.0. The molecule has 2 N–H and O–H groups in total. The average molecular weight is 321 g/mol. The Bertz CT molecular complexity index is 485. The summed E-state index contributed by atoms with van der Waals surface area (Å²) in [6, 6.07) is 4.83. The van der Waals surface area contributed by atoms with Crippen molar-refractivity contribution >= 4 is 35.6 Å². The van der Waals surface area contributed by atoms with Crippen molar-refractivity contribution < 1.29 is 14.6 Å². The van der Waals surface area contributed by atoms with E-state index in [-0.39, 0.29) is 24.4 Å². The molecule has 2 unspecified atom stereocenters. The number of carbonyl (C=O) groups is 1. The molecule has 1 aliphatic rings. The molecule has 112 valence electrons. The van der Waals surface area contributed by atoms with E-state index in [9.17, 15) is 9.90 Å². The van der Waals surface area contributed by atoms with E-state index in [1.54, 1.807) is 32.4 Å². The number of hydrogen-bond acceptors (Lipinski definition) is 4. The fourth-order valence-corrected chi connectivity index (χ4v) is 2.38. The molecule has 2 rings (SSSR count). The topological polar surface area (TPSA) is 61.8 Å². The maximum absolute atomic E-state index is 12.2. The van der Waals surface area contributed by atoms with Crippen molar-refractivity contribution in [2.45, 2.75) is 18.6 Å². The highest BCUT2D eigenvalue weighted by atomic mass is 35.5. The van der Waals surface area contributed by atoms with Crippen LogP contribution in [-0.2, 0) is 4.79 Å². The van der Waals surface area contributed by atoms with Crippen LogP contribution in [0.3, 0.4) is 0 Å². The van der Waals surface area contributed by atoms with Crippen LogP contribution in [0.4, 0.5) is 5.69 Å². The van der Waals surface area contributed by atoms with Gasteiger partial charge in [0.2, 0.25) is 5.91 Å². The molecule has 0 aromatic heterocycles. The van der Waals surface area contributed by atoms with Gasteiger partial charge in [-0.15, -0.1) is 12.4 Å². The zero-order valence-electron chi connectivity index (χ0n) is 11.3. The number of aliphatic hydroxyl groups excluding tert-OH is 1. The first kappa shape index (κ1) is 17.0. The van der Waals surface area contributed by atoms with Crippen LogP contribution in [0.25, 0.3) is 0 Å². The molecule has 0 aliphatic carbocycles. The number of methoxy groups -OCH3 is 1. The fraction of sp³-hybridized carbons (Fsp3) is 0.462. The highest BCUT2D eigenvalue weighted by Crippen LogP contribution is 2.29. The summed E-state index contributed by atoms with van der Waals surface area (Å²) in [4.78, 5) is 13.8. The summed E-state index contributed by atoms with van der Waals surface area (Å²) >= 11 is 6.04. The van der Waals surface area contributed by atoms with Crippen molar-refractivity contribution in [3.8, 4) is 5.75 Å². The maximum Gasteiger partial charge on any atom is 0.243 e. The molecular formula is C13H18Cl2N2O3. The minimum atomic E-state index is -0.457. The van der Waals surface area contributed by atoms with Gasteiger partial charge >= 0.3 is 0 Å². The maximum atomic E-state index is 12.2. The third-order valence-corrected chi connectivity index (χ3v) is 3.55. The van der Waals surface area contributed by atoms with E-state index in [1.165, 1.54) is 4.90 Å². The van der Waals surface area contributed by atoms with Crippen LogP contribution in [0.15, 0.2) is 18.2 Å². The Morgan fingerprint density at radius 1 is 1.55 bits per heavy atom. The standard InChI is InChI=1S/C13H17ClN2O3.ClH/c1-16(13(18)11-6-9(17)7-15-11)8-3-4-12(19-2)10(14)5-8;/h3-5,9,11,15,17H,6-7H2,1-2H3;1H. The normalized spacial score (nSPS) is 21.2. The number of nitrogens with zero attached hydrogens (tertiary/aromatic N) is 1. The van der Waals surface area contributed by atoms with E-state index in [0.717, 1.165) is 0 Å². The summed E-state index contributed by atoms with van der Waals surface area (Å²) in [7, 11) is 3.23. The van der Waals surface area contributed by atoms with Gasteiger partial charge in [0.1, 0.15) is 5.75 Å². The van der Waals surface area contributed by atoms with E-state index < -0.39 is 6.10 Å². The SMILES string of the molecule is COc1ccc(N(C)C(=O)C2CC(O)CN2)cc1Cl.Cl. The van der Waals surface area contributed by atoms with E-state index in [4.69, 9.17) is 16.3 Å². The quantitative estimate of drug-likeness (QED) is 0.885. The molecule has 1 aromatic rings. The number of rotatable bonds is 3. The summed E-state index contributed by atoms with van der Waals surface area (Å²) in [5, 5.41) is 12.9. The largest absolute Gasteiger partial charge is 0.495 e. The second kappa shape index (κ2) is 7.13. The van der Waals surface area contributed by atoms with E-state index in [1.807, 2.05) is 0 Å². The molecule has 1 heterocycles. The van der Waals surface area contributed by atoms with Crippen LogP contribution >= 0.6 is 24.0 Å². The van der Waals surface area contributed by atoms with Gasteiger partial charge in [0, 0.05) is 19.3 Å². The number of anilines is 1. The molecule has 1 fully saturated rings. The summed E-state index contributed by atoms with van der Waals surface area (Å²) in [6.07, 6.45) is -0.0191. The number of aliphatic hydroxyl groups is 1. The molecule has 0 spiro atoms. The van der Waals surface area contributed by atoms with Crippen molar-refractivity contribution in [3.05, 3.63) is 23.2 Å². The molecule has 5 nitrogen and oxygen atoms in total. The minimum absolute atomic E-state index is 0. The molecule has 2 atom stereocenters. The predicted octanol–water partition coefficient (Wildman–Crippen LogP) is 1.46. The van der Waals surface area contributed by atoms with Crippen LogP contribution in [0, 0.1) is 0 Å². The van der Waals surface area contributed by atoms with Crippen LogP contribution in [0.1, 0.15) is 6.42 Å². The molecule has 0 saturated carbocycles. The number of halogens is 2. The molecule has 7 heteroatoms. The lowest BCUT2D eigenvalue weighted by Crippen LogP contribution is -2.41. The van der Waals surface area contributed by atoms with Gasteiger partial charge < -0.3 is 20.1 Å². The van der Waals surface area contributed by atoms with Crippen LogP contribution in [0.2, 0.25) is 5.02 Å². The van der Waals surface area contributed by atoms with Gasteiger partial charge in [-0.05, 0) is 24.6 Å². The Hall–Kier alpha value is -1.01. The Labute approximate surface area is 129 Å². The Morgan fingerprint density at radius 3 is 2.75 bits per heavy atom. The second-order valence-corrected chi connectivity index (χ2v) is 4.97. The van der Waals surface area contributed by atoms with Crippen LogP contribution in [0.5, 0.6) is 5.75 Å². The molecule has 1 aliphatic heterocycles. The first-order chi connectivity index (χ1) is 9.02. The lowest BCUT2D eigenvalue weighted by molar-refractivity contribution is -0.120. The number of benzene rings is 1. The molecule has 0 radical (unpaired) electrons. The molecule has 20 heavy (non-hydrogen) atoms. The Kier molecular flexibility index (Phi) is 6.07. The van der Waals surface area contributed by atoms with E-state index in [0.29, 0.717) is 29.4 Å². The number of amides is 1. The summed E-state index contributed by atoms with van der Waals surface area (Å²) in [5.41, 5.74) is 0.694. The highest BCUT2D eigenvalue weighted by Gasteiger charge is 2.30. The number of β-amino-alcohol motifs (C(OH)–C–C–N with tert-alkyl or cyclic N) is 1. The molecule has 1 amide bonds. The van der Waals surface area contributed by atoms with Gasteiger partial charge in [-0.25, -0.2) is 0 Å². The number of likely N-dealkylation sites (N-methyl/N-ethyl adjacent to an activating group) is 1. The number of carbonyl (C=O) groups excluding carboxylic acids is 1. The monoisotopic (exact) mass is 320 g/mol. The van der Waals surface area contributed by atoms with E-state index >= 15 is 0 Å². The van der Waals surface area contributed by atoms with Crippen LogP contribution < -0.4 is 15.0 Å². The Balaban J connectivity index is 0.00000200. The molecular weight excluding hydrogens is 303 g/mol. The third kappa shape index (κ3) is 3.55. The zero-order valence-corrected chi connectivity index (χ0v) is 12.9. The summed E-state index contributed by atoms with van der Waals surface area (Å²) in [5.74, 6) is 0.485. The smallest absolute Gasteiger partial charge is 0.243 e. The lowest BCUT2D eigenvalue weighted by atomic mass is 10.1. The van der Waals surface area contributed by atoms with E-state index in [2.05, 4.69) is 5.32 Å². The highest BCUT2D eigenvalue weighted by molar-refractivity contribution is 6.32. The first-order valence-corrected chi connectivity index (χ1v) is 6.43. The van der Waals surface area contributed by atoms with Crippen molar-refractivity contribution in [1.29, 1.82) is 0 Å². The summed E-state index contributed by atoms with van der Waals surface area (Å²) < 4.78 is 5.07. The van der Waals surface area contributed by atoms with Gasteiger partial charge in [-0.1, -0.05) is 11.6 Å². The fourth-order valence-electron chi connectivity index (χ4n) is 2.13. The van der Waals surface area contributed by atoms with Crippen molar-refractivity contribution in [2.75, 3.05) is 25.6 Å². The Morgan fingerprint density at radius 2 is 2.25 bits per heavy atom. The predicted molar refractivity (Wildman–Crippen MR) is 81.1 cm³/mol. The van der Waals surface area contributed by atoms with Gasteiger partial charge in [-0.2, -0.15) is 0 Å². The average Bonchev–Trinajstić information content (AvgIpc) is 2.83. The van der Waals surface area contributed by atoms with Gasteiger partial charge in [0.15, 0.2) is 0 Å². The molecule has 0 bridgehead atoms. The first-order valence-electron chi connectivity index (χ1n) is 6.05. The van der Waals surface area contributed by atoms with Gasteiger partial charge in [0.25, 0.3) is 0 Å². The van der Waals surface area contributed by atoms with Gasteiger partial charge in [0.05, 0.1) is 24.3 Å². The number of nitrogens with one attached hydrogen (secondary N) is 1. The van der Waals surface area contributed by atoms with Crippen molar-refractivity contribution in [3.63, 3.8) is 0 Å². The van der Waals surface area contributed by atoms with Crippen molar-refractivity contribution in [1.82, 2.24) is 5.32 Å². The summed E-state index contributed by atoms with van der Waals surface area (Å²) in [6.45, 7) is 0.452. The molecule has 1 aromatic carbocycles. The second-order valence-electron chi connectivity index (χ2n) is 4.57. The number of ether oxygens (including phenoxy) is 1. The van der Waals surface area contributed by atoms with Gasteiger partial charge in [-0.3, -0.25) is 4.79 Å². The molecule has 1 saturated heterocycles. The van der Waals surface area contributed by atoms with Crippen LogP contribution in [-0.4, -0.2) is 43.9 Å². The lowest BCUT2D eigenvalue weighted by Gasteiger charge is -2.21. The third-order valence-electron chi connectivity index (χ3n) is 3.26. The minimum Gasteiger partial charge on any atom is -0.495 e. The van der Waals surface area contributed by atoms with Crippen molar-refractivity contribution in [2.24, 2.45) is 0 Å².